The zero-order valence-electron chi connectivity index (χ0n) is 8.18. The summed E-state index contributed by atoms with van der Waals surface area (Å²) in [5.41, 5.74) is 4.66. The molecule has 12 heavy (non-hydrogen) atoms. The fourth-order valence-corrected chi connectivity index (χ4v) is 1.86. The van der Waals surface area contributed by atoms with Gasteiger partial charge in [-0.2, -0.15) is 0 Å². The maximum absolute atomic E-state index is 13.6. The van der Waals surface area contributed by atoms with Gasteiger partial charge in [-0.3, -0.25) is 9.29 Å². The monoisotopic (exact) mass is 172 g/mol. The van der Waals surface area contributed by atoms with Crippen molar-refractivity contribution >= 4 is 7.85 Å². The van der Waals surface area contributed by atoms with Gasteiger partial charge in [0.15, 0.2) is 7.85 Å². The topological polar surface area (TPSA) is 29.3 Å². The van der Waals surface area contributed by atoms with Crippen LogP contribution in [0, 0.1) is 0 Å². The number of hydrogen-bond donors (Lipinski definition) is 1. The van der Waals surface area contributed by atoms with Crippen LogP contribution in [0.5, 0.6) is 0 Å². The van der Waals surface area contributed by atoms with Gasteiger partial charge in [0.25, 0.3) is 0 Å². The molecule has 1 rings (SSSR count). The lowest BCUT2D eigenvalue weighted by molar-refractivity contribution is 0.0736. The number of likely N-dealkylation sites (tertiary alicyclic amines) is 1. The highest BCUT2D eigenvalue weighted by Gasteiger charge is 2.35. The molecule has 0 saturated carbocycles. The highest BCUT2D eigenvalue weighted by Crippen LogP contribution is 2.22. The zero-order valence-corrected chi connectivity index (χ0v) is 8.18. The van der Waals surface area contributed by atoms with E-state index in [2.05, 4.69) is 18.7 Å². The number of nitrogens with zero attached hydrogens (tertiary/aromatic N) is 1. The van der Waals surface area contributed by atoms with Gasteiger partial charge >= 0.3 is 0 Å². The van der Waals surface area contributed by atoms with Crippen LogP contribution in [-0.2, 0) is 0 Å². The van der Waals surface area contributed by atoms with Crippen LogP contribution in [0.25, 0.3) is 0 Å². The minimum Gasteiger partial charge on any atom is -0.326 e. The molecule has 0 aromatic heterocycles. The van der Waals surface area contributed by atoms with E-state index in [0.717, 1.165) is 6.54 Å². The van der Waals surface area contributed by atoms with Crippen LogP contribution >= 0.6 is 0 Å². The van der Waals surface area contributed by atoms with Gasteiger partial charge in [-0.25, -0.2) is 0 Å². The number of piperidine rings is 1. The van der Waals surface area contributed by atoms with Crippen molar-refractivity contribution < 1.29 is 4.39 Å². The van der Waals surface area contributed by atoms with E-state index in [-0.39, 0.29) is 6.04 Å². The number of hydrogen-bond acceptors (Lipinski definition) is 2. The number of nitrogens with two attached hydrogens (primary N) is 1. The molecule has 0 aromatic carbocycles. The largest absolute Gasteiger partial charge is 0.326 e. The first kappa shape index (κ1) is 10.00. The van der Waals surface area contributed by atoms with Crippen LogP contribution in [-0.4, -0.2) is 43.5 Å². The summed E-state index contributed by atoms with van der Waals surface area (Å²) < 4.78 is 13.6. The molecule has 2 nitrogen and oxygen atoms in total. The Morgan fingerprint density at radius 2 is 2.25 bits per heavy atom. The molecule has 2 atom stereocenters. The lowest BCUT2D eigenvalue weighted by Gasteiger charge is -2.40. The van der Waals surface area contributed by atoms with Gasteiger partial charge in [0.05, 0.1) is 5.57 Å². The quantitative estimate of drug-likeness (QED) is 0.551. The molecule has 1 aliphatic rings. The van der Waals surface area contributed by atoms with E-state index >= 15 is 0 Å². The minimum atomic E-state index is -1.10. The fraction of sp³-hybridized carbons (Fsp3) is 1.00. The van der Waals surface area contributed by atoms with Crippen molar-refractivity contribution in [3.63, 3.8) is 0 Å². The zero-order chi connectivity index (χ0) is 9.35. The van der Waals surface area contributed by atoms with Gasteiger partial charge < -0.3 is 5.73 Å². The second kappa shape index (κ2) is 3.34. The molecule has 2 N–H and O–H groups in total. The lowest BCUT2D eigenvalue weighted by Crippen LogP contribution is -2.56. The van der Waals surface area contributed by atoms with Crippen molar-refractivity contribution in [2.45, 2.75) is 37.9 Å². The molecule has 0 bridgehead atoms. The van der Waals surface area contributed by atoms with E-state index in [1.54, 1.807) is 7.85 Å². The second-order valence-electron chi connectivity index (χ2n) is 4.40. The highest BCUT2D eigenvalue weighted by atomic mass is 19.1. The Morgan fingerprint density at radius 3 is 2.67 bits per heavy atom. The van der Waals surface area contributed by atoms with Crippen molar-refractivity contribution in [3.05, 3.63) is 0 Å². The molecule has 70 valence electrons. The minimum absolute atomic E-state index is 0.00356. The summed E-state index contributed by atoms with van der Waals surface area (Å²) in [4.78, 5) is 2.11. The molecule has 1 fully saturated rings. The third-order valence-electron chi connectivity index (χ3n) is 2.42. The smallest absolute Gasteiger partial charge is 0.152 e. The van der Waals surface area contributed by atoms with E-state index in [1.165, 1.54) is 0 Å². The predicted octanol–water partition coefficient (Wildman–Crippen LogP) is -0.273. The van der Waals surface area contributed by atoms with Gasteiger partial charge in [0.2, 0.25) is 0 Å². The summed E-state index contributed by atoms with van der Waals surface area (Å²) in [5, 5.41) is 0. The third kappa shape index (κ3) is 2.46. The molecule has 1 heterocycles. The lowest BCUT2D eigenvalue weighted by atomic mass is 9.75. The predicted molar refractivity (Wildman–Crippen MR) is 51.7 cm³/mol. The molecule has 0 aromatic rings. The summed E-state index contributed by atoms with van der Waals surface area (Å²) in [6.45, 7) is 5.51. The highest BCUT2D eigenvalue weighted by molar-refractivity contribution is 6.14. The van der Waals surface area contributed by atoms with Crippen LogP contribution in [0.3, 0.4) is 0 Å². The maximum Gasteiger partial charge on any atom is 0.152 e. The molecule has 1 saturated heterocycles. The fourth-order valence-electron chi connectivity index (χ4n) is 1.86. The van der Waals surface area contributed by atoms with Crippen molar-refractivity contribution in [1.29, 1.82) is 0 Å². The van der Waals surface area contributed by atoms with Crippen LogP contribution in [0.1, 0.15) is 20.3 Å². The molecule has 0 radical (unpaired) electrons. The second-order valence-corrected chi connectivity index (χ2v) is 4.40. The Hall–Kier alpha value is -0.0851. The molecule has 4 heteroatoms. The summed E-state index contributed by atoms with van der Waals surface area (Å²) in [6.07, 6.45) is 0.496. The maximum atomic E-state index is 13.6. The van der Waals surface area contributed by atoms with E-state index in [0.29, 0.717) is 19.0 Å². The number of rotatable bonds is 1. The van der Waals surface area contributed by atoms with Gasteiger partial charge in [-0.05, 0) is 20.3 Å². The van der Waals surface area contributed by atoms with Gasteiger partial charge in [0.1, 0.15) is 0 Å². The normalized spacial score (nSPS) is 38.9. The van der Waals surface area contributed by atoms with Crippen molar-refractivity contribution in [2.75, 3.05) is 13.1 Å². The van der Waals surface area contributed by atoms with E-state index in [9.17, 15) is 4.39 Å². The average molecular weight is 172 g/mol. The van der Waals surface area contributed by atoms with Gasteiger partial charge in [-0.1, -0.05) is 0 Å². The molecule has 1 aliphatic heterocycles. The summed E-state index contributed by atoms with van der Waals surface area (Å²) in [6, 6.07) is 0.391. The van der Waals surface area contributed by atoms with Gasteiger partial charge in [0, 0.05) is 25.2 Å². The van der Waals surface area contributed by atoms with Crippen LogP contribution in [0.2, 0.25) is 0 Å². The molecule has 0 aliphatic carbocycles. The Morgan fingerprint density at radius 1 is 1.67 bits per heavy atom. The van der Waals surface area contributed by atoms with E-state index in [1.807, 2.05) is 0 Å². The van der Waals surface area contributed by atoms with E-state index in [4.69, 9.17) is 5.73 Å². The Kier molecular flexibility index (Phi) is 2.79. The number of halogens is 1. The van der Waals surface area contributed by atoms with Gasteiger partial charge in [-0.15, -0.1) is 0 Å². The Bertz CT molecular complexity index is 161. The molecule has 0 spiro atoms. The standard InChI is InChI=1S/C8H18BFN2/c1-6(2)12-4-7(11)3-8(9,10)5-12/h6-7H,3-5,9,11H2,1-2H3/t7-,8?/m1/s1. The SMILES string of the molecule is BC1(F)C[C@@H](N)CN(C(C)C)C1. The summed E-state index contributed by atoms with van der Waals surface area (Å²) in [7, 11) is 1.64. The Balaban J connectivity index is 2.58. The summed E-state index contributed by atoms with van der Waals surface area (Å²) in [5.74, 6) is 0. The first-order valence-electron chi connectivity index (χ1n) is 4.59. The van der Waals surface area contributed by atoms with Crippen molar-refractivity contribution in [3.8, 4) is 0 Å². The first-order valence-corrected chi connectivity index (χ1v) is 4.59. The van der Waals surface area contributed by atoms with E-state index < -0.39 is 5.57 Å². The van der Waals surface area contributed by atoms with Crippen LogP contribution in [0.4, 0.5) is 4.39 Å². The third-order valence-corrected chi connectivity index (χ3v) is 2.42. The first-order chi connectivity index (χ1) is 5.41. The average Bonchev–Trinajstić information content (AvgIpc) is 1.82. The van der Waals surface area contributed by atoms with Crippen molar-refractivity contribution in [2.24, 2.45) is 5.73 Å². The van der Waals surface area contributed by atoms with Crippen LogP contribution in [0.15, 0.2) is 0 Å². The Labute approximate surface area is 74.7 Å². The van der Waals surface area contributed by atoms with Crippen LogP contribution < -0.4 is 5.73 Å². The number of alkyl halides is 1. The molecular weight excluding hydrogens is 154 g/mol. The molecular formula is C8H18BFN2. The molecule has 0 amide bonds. The molecule has 1 unspecified atom stereocenters. The van der Waals surface area contributed by atoms with Crippen molar-refractivity contribution in [1.82, 2.24) is 4.90 Å². The summed E-state index contributed by atoms with van der Waals surface area (Å²) >= 11 is 0.